The van der Waals surface area contributed by atoms with Gasteiger partial charge < -0.3 is 15.0 Å². The molecule has 0 fully saturated rings. The molecule has 3 aromatic rings. The molecule has 20 heavy (non-hydrogen) atoms. The van der Waals surface area contributed by atoms with Crippen molar-refractivity contribution < 1.29 is 5.11 Å². The molecule has 0 unspecified atom stereocenters. The number of benzene rings is 2. The van der Waals surface area contributed by atoms with Crippen LogP contribution >= 0.6 is 0 Å². The standard InChI is InChI=1S/C17H18N2O/c1-18-11-14-3-2-4-17-16(14)9-10-19(17)12-13-5-7-15(20)8-6-13/h2-10,18,20H,11-12H2,1H3. The Balaban J connectivity index is 1.96. The van der Waals surface area contributed by atoms with Gasteiger partial charge in [-0.1, -0.05) is 24.3 Å². The maximum Gasteiger partial charge on any atom is 0.115 e. The average molecular weight is 266 g/mol. The lowest BCUT2D eigenvalue weighted by Gasteiger charge is -2.07. The molecule has 2 N–H and O–H groups in total. The Morgan fingerprint density at radius 1 is 1.05 bits per heavy atom. The van der Waals surface area contributed by atoms with E-state index in [1.807, 2.05) is 19.2 Å². The number of hydrogen-bond acceptors (Lipinski definition) is 2. The molecule has 0 atom stereocenters. The van der Waals surface area contributed by atoms with E-state index in [0.717, 1.165) is 13.1 Å². The fourth-order valence-corrected chi connectivity index (χ4v) is 2.57. The zero-order chi connectivity index (χ0) is 13.9. The predicted molar refractivity (Wildman–Crippen MR) is 81.9 cm³/mol. The van der Waals surface area contributed by atoms with Gasteiger partial charge in [0.05, 0.1) is 0 Å². The van der Waals surface area contributed by atoms with Crippen LogP contribution in [-0.2, 0) is 13.1 Å². The van der Waals surface area contributed by atoms with Gasteiger partial charge >= 0.3 is 0 Å². The lowest BCUT2D eigenvalue weighted by atomic mass is 10.1. The minimum Gasteiger partial charge on any atom is -0.508 e. The number of aromatic hydroxyl groups is 1. The van der Waals surface area contributed by atoms with Crippen molar-refractivity contribution in [3.05, 3.63) is 65.9 Å². The summed E-state index contributed by atoms with van der Waals surface area (Å²) in [5.74, 6) is 0.308. The Bertz CT molecular complexity index is 713. The summed E-state index contributed by atoms with van der Waals surface area (Å²) >= 11 is 0. The monoisotopic (exact) mass is 266 g/mol. The number of hydrogen-bond donors (Lipinski definition) is 2. The third kappa shape index (κ3) is 2.40. The first-order chi connectivity index (χ1) is 9.78. The van der Waals surface area contributed by atoms with Gasteiger partial charge in [-0.05, 0) is 42.4 Å². The second kappa shape index (κ2) is 5.39. The van der Waals surface area contributed by atoms with E-state index in [-0.39, 0.29) is 0 Å². The van der Waals surface area contributed by atoms with Gasteiger partial charge in [0.25, 0.3) is 0 Å². The van der Waals surface area contributed by atoms with Crippen molar-refractivity contribution in [2.24, 2.45) is 0 Å². The van der Waals surface area contributed by atoms with Crippen LogP contribution in [0.15, 0.2) is 54.7 Å². The summed E-state index contributed by atoms with van der Waals surface area (Å²) in [7, 11) is 1.96. The van der Waals surface area contributed by atoms with E-state index in [1.165, 1.54) is 22.0 Å². The van der Waals surface area contributed by atoms with E-state index in [4.69, 9.17) is 0 Å². The number of phenolic OH excluding ortho intramolecular Hbond substituents is 1. The highest BCUT2D eigenvalue weighted by atomic mass is 16.3. The van der Waals surface area contributed by atoms with E-state index in [2.05, 4.69) is 40.3 Å². The van der Waals surface area contributed by atoms with Crippen LogP contribution in [0.3, 0.4) is 0 Å². The maximum absolute atomic E-state index is 9.34. The fraction of sp³-hybridized carbons (Fsp3) is 0.176. The zero-order valence-corrected chi connectivity index (χ0v) is 11.5. The summed E-state index contributed by atoms with van der Waals surface area (Å²) in [4.78, 5) is 0. The summed E-state index contributed by atoms with van der Waals surface area (Å²) < 4.78 is 2.24. The van der Waals surface area contributed by atoms with Crippen molar-refractivity contribution >= 4 is 10.9 Å². The summed E-state index contributed by atoms with van der Waals surface area (Å²) in [5.41, 5.74) is 3.74. The molecule has 0 radical (unpaired) electrons. The van der Waals surface area contributed by atoms with Crippen LogP contribution in [0.2, 0.25) is 0 Å². The topological polar surface area (TPSA) is 37.2 Å². The van der Waals surface area contributed by atoms with Gasteiger partial charge in [0.15, 0.2) is 0 Å². The highest BCUT2D eigenvalue weighted by molar-refractivity contribution is 5.83. The molecule has 0 saturated carbocycles. The van der Waals surface area contributed by atoms with Crippen molar-refractivity contribution in [2.45, 2.75) is 13.1 Å². The number of fused-ring (bicyclic) bond motifs is 1. The van der Waals surface area contributed by atoms with Gasteiger partial charge in [0.2, 0.25) is 0 Å². The SMILES string of the molecule is CNCc1cccc2c1ccn2Cc1ccc(O)cc1. The van der Waals surface area contributed by atoms with Crippen molar-refractivity contribution in [3.63, 3.8) is 0 Å². The third-order valence-electron chi connectivity index (χ3n) is 3.56. The number of aromatic nitrogens is 1. The molecule has 0 aliphatic rings. The molecule has 3 nitrogen and oxygen atoms in total. The lowest BCUT2D eigenvalue weighted by molar-refractivity contribution is 0.475. The van der Waals surface area contributed by atoms with E-state index in [0.29, 0.717) is 5.75 Å². The highest BCUT2D eigenvalue weighted by Gasteiger charge is 2.05. The molecular weight excluding hydrogens is 248 g/mol. The molecule has 0 bridgehead atoms. The first-order valence-corrected chi connectivity index (χ1v) is 6.77. The molecule has 0 aliphatic carbocycles. The summed E-state index contributed by atoms with van der Waals surface area (Å²) in [6, 6.07) is 15.9. The van der Waals surface area contributed by atoms with Gasteiger partial charge in [0.1, 0.15) is 5.75 Å². The summed E-state index contributed by atoms with van der Waals surface area (Å²) in [5, 5.41) is 13.8. The Morgan fingerprint density at radius 2 is 1.85 bits per heavy atom. The molecule has 2 aromatic carbocycles. The molecule has 102 valence electrons. The number of phenols is 1. The number of nitrogens with zero attached hydrogens (tertiary/aromatic N) is 1. The maximum atomic E-state index is 9.34. The molecule has 0 spiro atoms. The molecule has 0 amide bonds. The van der Waals surface area contributed by atoms with Crippen LogP contribution in [0, 0.1) is 0 Å². The molecule has 3 heteroatoms. The van der Waals surface area contributed by atoms with Crippen LogP contribution in [0.25, 0.3) is 10.9 Å². The van der Waals surface area contributed by atoms with Crippen LogP contribution < -0.4 is 5.32 Å². The number of rotatable bonds is 4. The predicted octanol–water partition coefficient (Wildman–Crippen LogP) is 3.11. The molecule has 1 aromatic heterocycles. The quantitative estimate of drug-likeness (QED) is 0.761. The van der Waals surface area contributed by atoms with Crippen molar-refractivity contribution in [3.8, 4) is 5.75 Å². The second-order valence-electron chi connectivity index (χ2n) is 4.99. The average Bonchev–Trinajstić information content (AvgIpc) is 2.86. The summed E-state index contributed by atoms with van der Waals surface area (Å²) in [6.07, 6.45) is 2.12. The van der Waals surface area contributed by atoms with Crippen molar-refractivity contribution in [2.75, 3.05) is 7.05 Å². The van der Waals surface area contributed by atoms with Crippen LogP contribution in [0.5, 0.6) is 5.75 Å². The second-order valence-corrected chi connectivity index (χ2v) is 4.99. The molecule has 1 heterocycles. The first-order valence-electron chi connectivity index (χ1n) is 6.77. The highest BCUT2D eigenvalue weighted by Crippen LogP contribution is 2.21. The zero-order valence-electron chi connectivity index (χ0n) is 11.5. The normalized spacial score (nSPS) is 11.1. The van der Waals surface area contributed by atoms with E-state index >= 15 is 0 Å². The number of nitrogens with one attached hydrogen (secondary N) is 1. The van der Waals surface area contributed by atoms with Gasteiger partial charge in [-0.25, -0.2) is 0 Å². The van der Waals surface area contributed by atoms with Crippen molar-refractivity contribution in [1.29, 1.82) is 0 Å². The fourth-order valence-electron chi connectivity index (χ4n) is 2.57. The molecule has 0 saturated heterocycles. The van der Waals surface area contributed by atoms with Gasteiger partial charge in [-0.3, -0.25) is 0 Å². The lowest BCUT2D eigenvalue weighted by Crippen LogP contribution is -2.05. The van der Waals surface area contributed by atoms with Gasteiger partial charge in [0, 0.05) is 30.2 Å². The molecular formula is C17H18N2O. The Labute approximate surface area is 118 Å². The minimum atomic E-state index is 0.308. The van der Waals surface area contributed by atoms with Crippen LogP contribution in [-0.4, -0.2) is 16.7 Å². The Hall–Kier alpha value is -2.26. The Morgan fingerprint density at radius 3 is 2.60 bits per heavy atom. The largest absolute Gasteiger partial charge is 0.508 e. The third-order valence-corrected chi connectivity index (χ3v) is 3.56. The van der Waals surface area contributed by atoms with Crippen molar-refractivity contribution in [1.82, 2.24) is 9.88 Å². The molecule has 0 aliphatic heterocycles. The molecule has 3 rings (SSSR count). The van der Waals surface area contributed by atoms with Gasteiger partial charge in [-0.15, -0.1) is 0 Å². The Kier molecular flexibility index (Phi) is 3.44. The van der Waals surface area contributed by atoms with Gasteiger partial charge in [-0.2, -0.15) is 0 Å². The van der Waals surface area contributed by atoms with E-state index in [9.17, 15) is 5.11 Å². The van der Waals surface area contributed by atoms with Crippen LogP contribution in [0.1, 0.15) is 11.1 Å². The van der Waals surface area contributed by atoms with E-state index < -0.39 is 0 Å². The minimum absolute atomic E-state index is 0.308. The first kappa shape index (κ1) is 12.8. The van der Waals surface area contributed by atoms with Crippen LogP contribution in [0.4, 0.5) is 0 Å². The van der Waals surface area contributed by atoms with E-state index in [1.54, 1.807) is 12.1 Å². The summed E-state index contributed by atoms with van der Waals surface area (Å²) in [6.45, 7) is 1.69. The smallest absolute Gasteiger partial charge is 0.115 e.